The Morgan fingerprint density at radius 3 is 2.83 bits per heavy atom. The summed E-state index contributed by atoms with van der Waals surface area (Å²) in [5, 5.41) is 11.3. The van der Waals surface area contributed by atoms with Crippen LogP contribution >= 0.6 is 11.6 Å². The Morgan fingerprint density at radius 1 is 1.39 bits per heavy atom. The maximum Gasteiger partial charge on any atom is 0.271 e. The van der Waals surface area contributed by atoms with E-state index < -0.39 is 4.92 Å². The number of aromatic nitrogens is 2. The van der Waals surface area contributed by atoms with Crippen molar-refractivity contribution in [2.75, 3.05) is 18.6 Å². The van der Waals surface area contributed by atoms with Crippen molar-refractivity contribution in [1.29, 1.82) is 0 Å². The molecule has 0 saturated heterocycles. The van der Waals surface area contributed by atoms with E-state index in [0.29, 0.717) is 17.4 Å². The van der Waals surface area contributed by atoms with Gasteiger partial charge in [0, 0.05) is 25.1 Å². The fourth-order valence-corrected chi connectivity index (χ4v) is 3.29. The third kappa shape index (κ3) is 2.79. The molecule has 0 aliphatic carbocycles. The van der Waals surface area contributed by atoms with E-state index in [9.17, 15) is 10.1 Å². The molecule has 0 amide bonds. The third-order valence-electron chi connectivity index (χ3n) is 3.92. The number of hydrogen-bond acceptors (Lipinski definition) is 6. The standard InChI is InChI=1S/C15H15ClN4O3/c1-9-5-10(20(21)22)6-12(16)14(9)19-4-3-13-11(7-19)15(23-2)18-8-17-13/h5-6,8H,3-4,7H2,1-2H3. The summed E-state index contributed by atoms with van der Waals surface area (Å²) in [7, 11) is 1.58. The molecule has 3 rings (SSSR count). The highest BCUT2D eigenvalue weighted by Gasteiger charge is 2.25. The first-order valence-corrected chi connectivity index (χ1v) is 7.45. The second-order valence-corrected chi connectivity index (χ2v) is 5.74. The van der Waals surface area contributed by atoms with Gasteiger partial charge in [0.2, 0.25) is 5.88 Å². The van der Waals surface area contributed by atoms with Gasteiger partial charge in [-0.1, -0.05) is 11.6 Å². The molecule has 0 unspecified atom stereocenters. The minimum Gasteiger partial charge on any atom is -0.481 e. The van der Waals surface area contributed by atoms with E-state index in [1.54, 1.807) is 7.11 Å². The van der Waals surface area contributed by atoms with Crippen molar-refractivity contribution in [3.8, 4) is 5.88 Å². The number of benzene rings is 1. The monoisotopic (exact) mass is 334 g/mol. The molecule has 8 heteroatoms. The molecule has 2 aromatic rings. The van der Waals surface area contributed by atoms with Gasteiger partial charge in [0.05, 0.1) is 40.5 Å². The SMILES string of the molecule is COc1ncnc2c1CN(c1c(C)cc([N+](=O)[O-])cc1Cl)CC2. The Hall–Kier alpha value is -2.41. The smallest absolute Gasteiger partial charge is 0.271 e. The van der Waals surface area contributed by atoms with Crippen LogP contribution in [0.4, 0.5) is 11.4 Å². The van der Waals surface area contributed by atoms with Gasteiger partial charge in [-0.3, -0.25) is 10.1 Å². The summed E-state index contributed by atoms with van der Waals surface area (Å²) in [6.07, 6.45) is 2.23. The second-order valence-electron chi connectivity index (χ2n) is 5.33. The summed E-state index contributed by atoms with van der Waals surface area (Å²) in [6, 6.07) is 2.92. The third-order valence-corrected chi connectivity index (χ3v) is 4.21. The fraction of sp³-hybridized carbons (Fsp3) is 0.333. The summed E-state index contributed by atoms with van der Waals surface area (Å²) in [6.45, 7) is 3.10. The van der Waals surface area contributed by atoms with Gasteiger partial charge in [-0.05, 0) is 12.5 Å². The Morgan fingerprint density at radius 2 is 2.17 bits per heavy atom. The van der Waals surface area contributed by atoms with Gasteiger partial charge in [-0.15, -0.1) is 0 Å². The van der Waals surface area contributed by atoms with Crippen molar-refractivity contribution in [3.63, 3.8) is 0 Å². The number of rotatable bonds is 3. The molecule has 0 radical (unpaired) electrons. The number of halogens is 1. The Labute approximate surface area is 138 Å². The fourth-order valence-electron chi connectivity index (χ4n) is 2.91. The molecule has 0 N–H and O–H groups in total. The van der Waals surface area contributed by atoms with Crippen LogP contribution in [0.25, 0.3) is 0 Å². The predicted octanol–water partition coefficient (Wildman–Crippen LogP) is 2.92. The molecule has 0 saturated carbocycles. The van der Waals surface area contributed by atoms with E-state index in [2.05, 4.69) is 14.9 Å². The van der Waals surface area contributed by atoms with Gasteiger partial charge in [0.25, 0.3) is 5.69 Å². The molecule has 23 heavy (non-hydrogen) atoms. The first kappa shape index (κ1) is 15.5. The van der Waals surface area contributed by atoms with Gasteiger partial charge < -0.3 is 9.64 Å². The zero-order valence-electron chi connectivity index (χ0n) is 12.7. The zero-order valence-corrected chi connectivity index (χ0v) is 13.5. The lowest BCUT2D eigenvalue weighted by molar-refractivity contribution is -0.384. The summed E-state index contributed by atoms with van der Waals surface area (Å²) in [4.78, 5) is 21.0. The Kier molecular flexibility index (Phi) is 4.04. The number of aryl methyl sites for hydroxylation is 1. The Bertz CT molecular complexity index is 744. The van der Waals surface area contributed by atoms with Gasteiger partial charge in [0.1, 0.15) is 6.33 Å². The van der Waals surface area contributed by atoms with Crippen LogP contribution in [-0.2, 0) is 13.0 Å². The number of anilines is 1. The van der Waals surface area contributed by atoms with Crippen molar-refractivity contribution < 1.29 is 9.66 Å². The summed E-state index contributed by atoms with van der Waals surface area (Å²) in [5.41, 5.74) is 3.45. The first-order valence-electron chi connectivity index (χ1n) is 7.07. The molecule has 1 aromatic carbocycles. The van der Waals surface area contributed by atoms with Crippen molar-refractivity contribution >= 4 is 23.0 Å². The van der Waals surface area contributed by atoms with E-state index in [1.807, 2.05) is 6.92 Å². The van der Waals surface area contributed by atoms with Crippen LogP contribution in [0.3, 0.4) is 0 Å². The molecule has 120 valence electrons. The number of nitro benzene ring substituents is 1. The number of methoxy groups -OCH3 is 1. The minimum absolute atomic E-state index is 0.00502. The number of fused-ring (bicyclic) bond motifs is 1. The quantitative estimate of drug-likeness (QED) is 0.634. The lowest BCUT2D eigenvalue weighted by Crippen LogP contribution is -2.32. The molecule has 1 aromatic heterocycles. The van der Waals surface area contributed by atoms with Crippen LogP contribution in [0, 0.1) is 17.0 Å². The molecule has 2 heterocycles. The van der Waals surface area contributed by atoms with Crippen LogP contribution in [0.5, 0.6) is 5.88 Å². The number of ether oxygens (including phenoxy) is 1. The van der Waals surface area contributed by atoms with Crippen molar-refractivity contribution in [1.82, 2.24) is 9.97 Å². The summed E-state index contributed by atoms with van der Waals surface area (Å²) >= 11 is 6.30. The van der Waals surface area contributed by atoms with Crippen molar-refractivity contribution in [2.24, 2.45) is 0 Å². The topological polar surface area (TPSA) is 81.4 Å². The minimum atomic E-state index is -0.439. The molecular formula is C15H15ClN4O3. The largest absolute Gasteiger partial charge is 0.481 e. The summed E-state index contributed by atoms with van der Waals surface area (Å²) < 4.78 is 5.31. The first-order chi connectivity index (χ1) is 11.0. The molecule has 0 fully saturated rings. The number of non-ortho nitro benzene ring substituents is 1. The molecule has 1 aliphatic heterocycles. The van der Waals surface area contributed by atoms with E-state index in [-0.39, 0.29) is 5.69 Å². The van der Waals surface area contributed by atoms with E-state index in [0.717, 1.165) is 35.5 Å². The predicted molar refractivity (Wildman–Crippen MR) is 86.2 cm³/mol. The van der Waals surface area contributed by atoms with Gasteiger partial charge in [0.15, 0.2) is 0 Å². The molecule has 0 atom stereocenters. The van der Waals surface area contributed by atoms with E-state index in [1.165, 1.54) is 18.5 Å². The lowest BCUT2D eigenvalue weighted by atomic mass is 10.0. The number of nitrogens with zero attached hydrogens (tertiary/aromatic N) is 4. The van der Waals surface area contributed by atoms with Gasteiger partial charge >= 0.3 is 0 Å². The molecular weight excluding hydrogens is 320 g/mol. The lowest BCUT2D eigenvalue weighted by Gasteiger charge is -2.32. The maximum absolute atomic E-state index is 10.9. The average Bonchev–Trinajstić information content (AvgIpc) is 2.53. The molecule has 0 spiro atoms. The summed E-state index contributed by atoms with van der Waals surface area (Å²) in [5.74, 6) is 0.551. The average molecular weight is 335 g/mol. The highest BCUT2D eigenvalue weighted by Crippen LogP contribution is 2.37. The Balaban J connectivity index is 2.00. The maximum atomic E-state index is 10.9. The van der Waals surface area contributed by atoms with Crippen LogP contribution in [0.1, 0.15) is 16.8 Å². The van der Waals surface area contributed by atoms with Gasteiger partial charge in [-0.2, -0.15) is 0 Å². The highest BCUT2D eigenvalue weighted by molar-refractivity contribution is 6.33. The van der Waals surface area contributed by atoms with Crippen LogP contribution in [-0.4, -0.2) is 28.5 Å². The van der Waals surface area contributed by atoms with Crippen LogP contribution in [0.2, 0.25) is 5.02 Å². The molecule has 0 bridgehead atoms. The number of hydrogen-bond donors (Lipinski definition) is 0. The van der Waals surface area contributed by atoms with Crippen molar-refractivity contribution in [2.45, 2.75) is 19.9 Å². The van der Waals surface area contributed by atoms with Crippen LogP contribution < -0.4 is 9.64 Å². The highest BCUT2D eigenvalue weighted by atomic mass is 35.5. The van der Waals surface area contributed by atoms with Gasteiger partial charge in [-0.25, -0.2) is 9.97 Å². The zero-order chi connectivity index (χ0) is 16.6. The molecule has 7 nitrogen and oxygen atoms in total. The normalized spacial score (nSPS) is 13.6. The number of nitro groups is 1. The van der Waals surface area contributed by atoms with Crippen LogP contribution in [0.15, 0.2) is 18.5 Å². The molecule has 1 aliphatic rings. The second kappa shape index (κ2) is 6.00. The van der Waals surface area contributed by atoms with E-state index in [4.69, 9.17) is 16.3 Å². The van der Waals surface area contributed by atoms with Crippen molar-refractivity contribution in [3.05, 3.63) is 50.4 Å². The van der Waals surface area contributed by atoms with E-state index >= 15 is 0 Å².